The number of methoxy groups -OCH3 is 1. The zero-order valence-corrected chi connectivity index (χ0v) is 13.9. The fraction of sp³-hybridized carbons (Fsp3) is 0.357. The van der Waals surface area contributed by atoms with E-state index in [0.717, 1.165) is 0 Å². The van der Waals surface area contributed by atoms with E-state index in [2.05, 4.69) is 39.9 Å². The number of para-hydroxylation sites is 1. The smallest absolute Gasteiger partial charge is 0.269 e. The van der Waals surface area contributed by atoms with Gasteiger partial charge in [-0.15, -0.1) is 5.10 Å². The Morgan fingerprint density at radius 3 is 2.83 bits per heavy atom. The lowest BCUT2D eigenvalue weighted by Crippen LogP contribution is -2.34. The van der Waals surface area contributed by atoms with E-state index >= 15 is 0 Å². The van der Waals surface area contributed by atoms with Crippen molar-refractivity contribution in [3.63, 3.8) is 0 Å². The molecule has 1 aromatic heterocycles. The van der Waals surface area contributed by atoms with E-state index < -0.39 is 0 Å². The van der Waals surface area contributed by atoms with E-state index in [4.69, 9.17) is 17.0 Å². The van der Waals surface area contributed by atoms with Crippen LogP contribution in [0.3, 0.4) is 0 Å². The second-order valence-corrected chi connectivity index (χ2v) is 5.58. The number of benzene rings is 1. The van der Waals surface area contributed by atoms with Gasteiger partial charge in [-0.05, 0) is 35.5 Å². The number of hydrogen-bond acceptors (Lipinski definition) is 6. The van der Waals surface area contributed by atoms with Crippen LogP contribution >= 0.6 is 12.2 Å². The highest BCUT2D eigenvalue weighted by molar-refractivity contribution is 7.80. The van der Waals surface area contributed by atoms with Crippen LogP contribution in [0.2, 0.25) is 0 Å². The maximum Gasteiger partial charge on any atom is 0.269 e. The Balaban J connectivity index is 1.96. The monoisotopic (exact) mass is 334 g/mol. The van der Waals surface area contributed by atoms with Crippen LogP contribution in [0.1, 0.15) is 24.2 Å². The lowest BCUT2D eigenvalue weighted by atomic mass is 10.2. The Bertz CT molecular complexity index is 700. The molecule has 0 aliphatic carbocycles. The van der Waals surface area contributed by atoms with Crippen molar-refractivity contribution in [2.75, 3.05) is 12.4 Å². The SMILES string of the molecule is COc1ccccc1C(=O)NC(=S)Nc1nnn(CC(C)C)n1. The predicted molar refractivity (Wildman–Crippen MR) is 89.3 cm³/mol. The average molecular weight is 334 g/mol. The highest BCUT2D eigenvalue weighted by Gasteiger charge is 2.14. The van der Waals surface area contributed by atoms with Gasteiger partial charge in [0.2, 0.25) is 0 Å². The van der Waals surface area contributed by atoms with Crippen molar-refractivity contribution in [1.29, 1.82) is 0 Å². The van der Waals surface area contributed by atoms with Crippen molar-refractivity contribution >= 4 is 29.2 Å². The molecule has 0 atom stereocenters. The average Bonchev–Trinajstić information content (AvgIpc) is 2.93. The Morgan fingerprint density at radius 1 is 1.39 bits per heavy atom. The quantitative estimate of drug-likeness (QED) is 0.800. The molecule has 0 bridgehead atoms. The molecule has 8 nitrogen and oxygen atoms in total. The molecule has 0 unspecified atom stereocenters. The predicted octanol–water partition coefficient (Wildman–Crippen LogP) is 1.46. The maximum atomic E-state index is 12.2. The summed E-state index contributed by atoms with van der Waals surface area (Å²) in [5.41, 5.74) is 0.385. The summed E-state index contributed by atoms with van der Waals surface area (Å²) in [6, 6.07) is 6.87. The first kappa shape index (κ1) is 16.8. The Hall–Kier alpha value is -2.55. The summed E-state index contributed by atoms with van der Waals surface area (Å²) in [6.45, 7) is 4.75. The number of hydrogen-bond donors (Lipinski definition) is 2. The molecule has 23 heavy (non-hydrogen) atoms. The lowest BCUT2D eigenvalue weighted by molar-refractivity contribution is 0.0975. The summed E-state index contributed by atoms with van der Waals surface area (Å²) < 4.78 is 5.14. The van der Waals surface area contributed by atoms with Crippen molar-refractivity contribution in [2.45, 2.75) is 20.4 Å². The van der Waals surface area contributed by atoms with E-state index in [1.165, 1.54) is 11.9 Å². The number of nitrogens with one attached hydrogen (secondary N) is 2. The summed E-state index contributed by atoms with van der Waals surface area (Å²) in [4.78, 5) is 13.7. The van der Waals surface area contributed by atoms with Gasteiger partial charge in [0, 0.05) is 0 Å². The number of thiocarbonyl (C=S) groups is 1. The molecule has 0 radical (unpaired) electrons. The van der Waals surface area contributed by atoms with Crippen LogP contribution in [0, 0.1) is 5.92 Å². The highest BCUT2D eigenvalue weighted by Crippen LogP contribution is 2.16. The minimum absolute atomic E-state index is 0.0880. The minimum atomic E-state index is -0.380. The summed E-state index contributed by atoms with van der Waals surface area (Å²) in [6.07, 6.45) is 0. The molecule has 0 spiro atoms. The first-order valence-corrected chi connectivity index (χ1v) is 7.43. The van der Waals surface area contributed by atoms with Crippen molar-refractivity contribution in [3.05, 3.63) is 29.8 Å². The zero-order chi connectivity index (χ0) is 16.8. The van der Waals surface area contributed by atoms with E-state index in [1.54, 1.807) is 24.3 Å². The number of carbonyl (C=O) groups is 1. The molecular weight excluding hydrogens is 316 g/mol. The van der Waals surface area contributed by atoms with Crippen LogP contribution in [-0.4, -0.2) is 38.3 Å². The molecule has 122 valence electrons. The van der Waals surface area contributed by atoms with Gasteiger partial charge in [0.15, 0.2) is 5.11 Å². The number of nitrogens with zero attached hydrogens (tertiary/aromatic N) is 4. The van der Waals surface area contributed by atoms with Gasteiger partial charge in [-0.2, -0.15) is 4.80 Å². The van der Waals surface area contributed by atoms with Crippen molar-refractivity contribution in [2.24, 2.45) is 5.92 Å². The summed E-state index contributed by atoms with van der Waals surface area (Å²) in [5.74, 6) is 0.716. The van der Waals surface area contributed by atoms with Crippen LogP contribution in [0.4, 0.5) is 5.95 Å². The maximum absolute atomic E-state index is 12.2. The summed E-state index contributed by atoms with van der Waals surface area (Å²) >= 11 is 5.09. The van der Waals surface area contributed by atoms with Crippen molar-refractivity contribution < 1.29 is 9.53 Å². The lowest BCUT2D eigenvalue weighted by Gasteiger charge is -2.09. The summed E-state index contributed by atoms with van der Waals surface area (Å²) in [7, 11) is 1.50. The van der Waals surface area contributed by atoms with E-state index in [0.29, 0.717) is 23.8 Å². The number of anilines is 1. The van der Waals surface area contributed by atoms with E-state index in [-0.39, 0.29) is 17.0 Å². The van der Waals surface area contributed by atoms with Gasteiger partial charge in [-0.3, -0.25) is 15.4 Å². The number of amides is 1. The summed E-state index contributed by atoms with van der Waals surface area (Å²) in [5, 5.41) is 17.2. The van der Waals surface area contributed by atoms with Gasteiger partial charge in [-0.25, -0.2) is 0 Å². The third-order valence-electron chi connectivity index (χ3n) is 2.79. The molecule has 0 aliphatic rings. The van der Waals surface area contributed by atoms with Crippen LogP contribution in [0.5, 0.6) is 5.75 Å². The van der Waals surface area contributed by atoms with Crippen LogP contribution < -0.4 is 15.4 Å². The van der Waals surface area contributed by atoms with Crippen molar-refractivity contribution in [3.8, 4) is 5.75 Å². The topological polar surface area (TPSA) is 94.0 Å². The molecule has 1 aromatic carbocycles. The largest absolute Gasteiger partial charge is 0.496 e. The Morgan fingerprint density at radius 2 is 2.13 bits per heavy atom. The number of tetrazole rings is 1. The normalized spacial score (nSPS) is 10.4. The van der Waals surface area contributed by atoms with Gasteiger partial charge in [0.1, 0.15) is 5.75 Å². The van der Waals surface area contributed by atoms with Crippen LogP contribution in [0.15, 0.2) is 24.3 Å². The molecule has 0 saturated carbocycles. The van der Waals surface area contributed by atoms with Gasteiger partial charge in [-0.1, -0.05) is 31.1 Å². The van der Waals surface area contributed by atoms with Crippen molar-refractivity contribution in [1.82, 2.24) is 25.5 Å². The minimum Gasteiger partial charge on any atom is -0.496 e. The van der Waals surface area contributed by atoms with E-state index in [9.17, 15) is 4.79 Å². The first-order chi connectivity index (χ1) is 11.0. The molecule has 0 fully saturated rings. The molecule has 0 aliphatic heterocycles. The first-order valence-electron chi connectivity index (χ1n) is 7.02. The van der Waals surface area contributed by atoms with E-state index in [1.807, 2.05) is 0 Å². The molecule has 1 amide bonds. The fourth-order valence-corrected chi connectivity index (χ4v) is 2.02. The van der Waals surface area contributed by atoms with Gasteiger partial charge >= 0.3 is 0 Å². The number of rotatable bonds is 5. The molecule has 2 rings (SSSR count). The van der Waals surface area contributed by atoms with Crippen LogP contribution in [-0.2, 0) is 6.54 Å². The number of aromatic nitrogens is 4. The molecule has 2 aromatic rings. The molecule has 2 N–H and O–H groups in total. The Kier molecular flexibility index (Phi) is 5.58. The molecular formula is C14H18N6O2S. The second kappa shape index (κ2) is 7.63. The highest BCUT2D eigenvalue weighted by atomic mass is 32.1. The van der Waals surface area contributed by atoms with Gasteiger partial charge < -0.3 is 4.74 Å². The second-order valence-electron chi connectivity index (χ2n) is 5.17. The third-order valence-corrected chi connectivity index (χ3v) is 2.99. The molecule has 0 saturated heterocycles. The van der Waals surface area contributed by atoms with Gasteiger partial charge in [0.05, 0.1) is 19.2 Å². The molecule has 1 heterocycles. The third kappa shape index (κ3) is 4.71. The molecule has 9 heteroatoms. The van der Waals surface area contributed by atoms with Gasteiger partial charge in [0.25, 0.3) is 11.9 Å². The number of carbonyl (C=O) groups excluding carboxylic acids is 1. The fourth-order valence-electron chi connectivity index (χ4n) is 1.83. The standard InChI is InChI=1S/C14H18N6O2S/c1-9(2)8-20-18-13(17-19-20)16-14(23)15-12(21)10-6-4-5-7-11(10)22-3/h4-7,9H,8H2,1-3H3,(H2,15,16,18,21,23). The van der Waals surface area contributed by atoms with Crippen LogP contribution in [0.25, 0.3) is 0 Å². The Labute approximate surface area is 139 Å². The number of ether oxygens (including phenoxy) is 1. The zero-order valence-electron chi connectivity index (χ0n) is 13.1.